The van der Waals surface area contributed by atoms with E-state index < -0.39 is 0 Å². The molecule has 0 aliphatic carbocycles. The Morgan fingerprint density at radius 2 is 0.822 bits per heavy atom. The van der Waals surface area contributed by atoms with Crippen LogP contribution in [-0.2, 0) is 0 Å². The van der Waals surface area contributed by atoms with Crippen LogP contribution in [0.2, 0.25) is 0 Å². The van der Waals surface area contributed by atoms with Crippen molar-refractivity contribution >= 4 is 38.6 Å². The molecule has 0 bridgehead atoms. The lowest BCUT2D eigenvalue weighted by molar-refractivity contribution is 1.28. The monoisotopic (exact) mass is 573 g/mol. The fraction of sp³-hybridized carbons (Fsp3) is 0. The average molecular weight is 574 g/mol. The molecule has 0 atom stereocenters. The zero-order valence-corrected chi connectivity index (χ0v) is 24.8. The molecule has 0 spiro atoms. The molecule has 8 aromatic carbocycles. The lowest BCUT2D eigenvalue weighted by Crippen LogP contribution is -2.09. The van der Waals surface area contributed by atoms with Gasteiger partial charge in [0.2, 0.25) is 0 Å². The third-order valence-electron chi connectivity index (χ3n) is 8.61. The Kier molecular flexibility index (Phi) is 6.90. The summed E-state index contributed by atoms with van der Waals surface area (Å²) in [6.07, 6.45) is 0. The van der Waals surface area contributed by atoms with Gasteiger partial charge in [-0.05, 0) is 110 Å². The van der Waals surface area contributed by atoms with E-state index in [-0.39, 0.29) is 0 Å². The lowest BCUT2D eigenvalue weighted by Gasteiger charge is -2.26. The van der Waals surface area contributed by atoms with Gasteiger partial charge in [-0.1, -0.05) is 133 Å². The average Bonchev–Trinajstić information content (AvgIpc) is 3.12. The predicted octanol–water partition coefficient (Wildman–Crippen LogP) is 12.5. The smallest absolute Gasteiger partial charge is 0.0467 e. The zero-order chi connectivity index (χ0) is 30.0. The van der Waals surface area contributed by atoms with Crippen LogP contribution in [0.4, 0.5) is 17.1 Å². The Balaban J connectivity index is 1.22. The van der Waals surface area contributed by atoms with Crippen molar-refractivity contribution in [1.82, 2.24) is 0 Å². The minimum Gasteiger partial charge on any atom is -0.310 e. The van der Waals surface area contributed by atoms with Crippen molar-refractivity contribution in [3.05, 3.63) is 188 Å². The molecule has 0 heterocycles. The van der Waals surface area contributed by atoms with E-state index in [4.69, 9.17) is 0 Å². The van der Waals surface area contributed by atoms with Gasteiger partial charge < -0.3 is 4.90 Å². The molecule has 45 heavy (non-hydrogen) atoms. The fourth-order valence-electron chi connectivity index (χ4n) is 6.35. The van der Waals surface area contributed by atoms with Gasteiger partial charge in [0.05, 0.1) is 0 Å². The summed E-state index contributed by atoms with van der Waals surface area (Å²) in [5, 5.41) is 5.01. The van der Waals surface area contributed by atoms with Crippen molar-refractivity contribution in [3.8, 4) is 33.4 Å². The van der Waals surface area contributed by atoms with E-state index in [2.05, 4.69) is 193 Å². The highest BCUT2D eigenvalue weighted by molar-refractivity contribution is 6.01. The number of benzene rings is 8. The topological polar surface area (TPSA) is 3.24 Å². The molecule has 8 aromatic rings. The van der Waals surface area contributed by atoms with E-state index in [0.29, 0.717) is 0 Å². The summed E-state index contributed by atoms with van der Waals surface area (Å²) in [6.45, 7) is 0. The van der Waals surface area contributed by atoms with Crippen molar-refractivity contribution in [2.24, 2.45) is 0 Å². The number of hydrogen-bond donors (Lipinski definition) is 0. The molecule has 0 N–H and O–H groups in total. The maximum Gasteiger partial charge on any atom is 0.0467 e. The normalized spacial score (nSPS) is 11.1. The number of nitrogens with zero attached hydrogens (tertiary/aromatic N) is 1. The van der Waals surface area contributed by atoms with Crippen LogP contribution in [0.5, 0.6) is 0 Å². The molecule has 0 saturated heterocycles. The van der Waals surface area contributed by atoms with Crippen LogP contribution in [0, 0.1) is 0 Å². The predicted molar refractivity (Wildman–Crippen MR) is 192 cm³/mol. The van der Waals surface area contributed by atoms with Crippen molar-refractivity contribution < 1.29 is 0 Å². The van der Waals surface area contributed by atoms with Gasteiger partial charge in [0.15, 0.2) is 0 Å². The third-order valence-corrected chi connectivity index (χ3v) is 8.61. The highest BCUT2D eigenvalue weighted by atomic mass is 15.1. The molecule has 0 unspecified atom stereocenters. The summed E-state index contributed by atoms with van der Waals surface area (Å²) in [5.41, 5.74) is 10.7. The number of rotatable bonds is 6. The highest BCUT2D eigenvalue weighted by Crippen LogP contribution is 2.39. The number of para-hydroxylation sites is 1. The Hall–Kier alpha value is -5.92. The van der Waals surface area contributed by atoms with Crippen LogP contribution in [0.3, 0.4) is 0 Å². The van der Waals surface area contributed by atoms with E-state index in [1.54, 1.807) is 0 Å². The maximum atomic E-state index is 2.35. The van der Waals surface area contributed by atoms with Crippen LogP contribution in [0.1, 0.15) is 0 Å². The van der Waals surface area contributed by atoms with E-state index in [1.165, 1.54) is 54.9 Å². The molecular formula is C44H31N. The summed E-state index contributed by atoms with van der Waals surface area (Å²) in [6, 6.07) is 67.7. The van der Waals surface area contributed by atoms with E-state index in [9.17, 15) is 0 Å². The standard InChI is InChI=1S/C44H31N/c1-3-12-32(13-4-1)36-17-11-20-42(30-36)45(40-18-5-2-6-19-40)41-26-24-34(25-27-41)44-31-39(29-38-16-9-10-21-43(38)44)37-23-22-33-14-7-8-15-35(33)28-37/h1-31H. The van der Waals surface area contributed by atoms with Crippen LogP contribution in [0.15, 0.2) is 188 Å². The fourth-order valence-corrected chi connectivity index (χ4v) is 6.35. The molecule has 212 valence electrons. The summed E-state index contributed by atoms with van der Waals surface area (Å²) >= 11 is 0. The maximum absolute atomic E-state index is 2.35. The van der Waals surface area contributed by atoms with E-state index >= 15 is 0 Å². The zero-order valence-electron chi connectivity index (χ0n) is 24.8. The molecule has 0 saturated carbocycles. The van der Waals surface area contributed by atoms with Gasteiger partial charge >= 0.3 is 0 Å². The highest BCUT2D eigenvalue weighted by Gasteiger charge is 2.15. The molecule has 0 amide bonds. The number of fused-ring (bicyclic) bond motifs is 2. The number of hydrogen-bond acceptors (Lipinski definition) is 1. The van der Waals surface area contributed by atoms with Gasteiger partial charge in [0.1, 0.15) is 0 Å². The van der Waals surface area contributed by atoms with Crippen LogP contribution >= 0.6 is 0 Å². The largest absolute Gasteiger partial charge is 0.310 e. The van der Waals surface area contributed by atoms with Gasteiger partial charge in [-0.25, -0.2) is 0 Å². The first-order valence-corrected chi connectivity index (χ1v) is 15.4. The third kappa shape index (κ3) is 5.26. The molecule has 0 aromatic heterocycles. The molecule has 0 radical (unpaired) electrons. The molecule has 8 rings (SSSR count). The SMILES string of the molecule is c1ccc(-c2cccc(N(c3ccccc3)c3ccc(-c4cc(-c5ccc6ccccc6c5)cc5ccccc45)cc3)c2)cc1. The Bertz CT molecular complexity index is 2250. The minimum atomic E-state index is 1.12. The molecule has 0 fully saturated rings. The molecule has 1 nitrogen and oxygen atoms in total. The Morgan fingerprint density at radius 1 is 0.267 bits per heavy atom. The van der Waals surface area contributed by atoms with Crippen molar-refractivity contribution in [3.63, 3.8) is 0 Å². The van der Waals surface area contributed by atoms with Gasteiger partial charge in [-0.15, -0.1) is 0 Å². The molecule has 1 heteroatoms. The lowest BCUT2D eigenvalue weighted by atomic mass is 9.92. The first-order chi connectivity index (χ1) is 22.3. The second kappa shape index (κ2) is 11.6. The van der Waals surface area contributed by atoms with Crippen molar-refractivity contribution in [1.29, 1.82) is 0 Å². The first-order valence-electron chi connectivity index (χ1n) is 15.4. The van der Waals surface area contributed by atoms with Crippen LogP contribution < -0.4 is 4.90 Å². The minimum absolute atomic E-state index is 1.12. The van der Waals surface area contributed by atoms with Crippen molar-refractivity contribution in [2.45, 2.75) is 0 Å². The van der Waals surface area contributed by atoms with Gasteiger partial charge in [0.25, 0.3) is 0 Å². The summed E-state index contributed by atoms with van der Waals surface area (Å²) < 4.78 is 0. The van der Waals surface area contributed by atoms with Crippen LogP contribution in [0.25, 0.3) is 54.9 Å². The second-order valence-corrected chi connectivity index (χ2v) is 11.4. The summed E-state index contributed by atoms with van der Waals surface area (Å²) in [4.78, 5) is 2.33. The Morgan fingerprint density at radius 3 is 1.62 bits per heavy atom. The van der Waals surface area contributed by atoms with E-state index in [0.717, 1.165) is 17.1 Å². The van der Waals surface area contributed by atoms with Gasteiger partial charge in [0, 0.05) is 17.1 Å². The van der Waals surface area contributed by atoms with Gasteiger partial charge in [-0.2, -0.15) is 0 Å². The molecule has 0 aliphatic heterocycles. The summed E-state index contributed by atoms with van der Waals surface area (Å²) in [7, 11) is 0. The van der Waals surface area contributed by atoms with Crippen molar-refractivity contribution in [2.75, 3.05) is 4.90 Å². The van der Waals surface area contributed by atoms with Gasteiger partial charge in [-0.3, -0.25) is 0 Å². The first kappa shape index (κ1) is 26.7. The molecular weight excluding hydrogens is 542 g/mol. The quantitative estimate of drug-likeness (QED) is 0.191. The number of anilines is 3. The second-order valence-electron chi connectivity index (χ2n) is 11.4. The summed E-state index contributed by atoms with van der Waals surface area (Å²) in [5.74, 6) is 0. The molecule has 0 aliphatic rings. The van der Waals surface area contributed by atoms with E-state index in [1.807, 2.05) is 0 Å². The van der Waals surface area contributed by atoms with Crippen LogP contribution in [-0.4, -0.2) is 0 Å². The Labute approximate surface area is 264 Å².